The third-order valence-electron chi connectivity index (χ3n) is 3.03. The van der Waals surface area contributed by atoms with Gasteiger partial charge < -0.3 is 4.52 Å². The number of hydrogen-bond donors (Lipinski definition) is 0. The highest BCUT2D eigenvalue weighted by atomic mass is 35.5. The maximum absolute atomic E-state index is 10.6. The van der Waals surface area contributed by atoms with Crippen LogP contribution in [0.4, 0.5) is 5.69 Å². The van der Waals surface area contributed by atoms with Crippen molar-refractivity contribution in [3.05, 3.63) is 56.6 Å². The highest BCUT2D eigenvalue weighted by molar-refractivity contribution is 6.36. The summed E-state index contributed by atoms with van der Waals surface area (Å²) in [6, 6.07) is 4.98. The summed E-state index contributed by atoms with van der Waals surface area (Å²) in [5.74, 6) is 0.734. The first-order chi connectivity index (χ1) is 11.0. The molecule has 23 heavy (non-hydrogen) atoms. The van der Waals surface area contributed by atoms with Gasteiger partial charge in [0, 0.05) is 23.6 Å². The third kappa shape index (κ3) is 3.49. The molecule has 1 aromatic carbocycles. The summed E-state index contributed by atoms with van der Waals surface area (Å²) >= 11 is 11.9. The van der Waals surface area contributed by atoms with Crippen molar-refractivity contribution in [2.45, 2.75) is 13.0 Å². The van der Waals surface area contributed by atoms with Crippen molar-refractivity contribution in [1.82, 2.24) is 19.9 Å². The van der Waals surface area contributed by atoms with Gasteiger partial charge in [0.1, 0.15) is 12.4 Å². The number of halogens is 2. The number of aryl methyl sites for hydroxylation is 2. The first-order valence-electron chi connectivity index (χ1n) is 6.48. The van der Waals surface area contributed by atoms with Crippen LogP contribution in [0.2, 0.25) is 10.0 Å². The fourth-order valence-electron chi connectivity index (χ4n) is 1.92. The van der Waals surface area contributed by atoms with E-state index in [2.05, 4.69) is 15.2 Å². The molecule has 118 valence electrons. The van der Waals surface area contributed by atoms with Gasteiger partial charge in [0.2, 0.25) is 11.7 Å². The van der Waals surface area contributed by atoms with Gasteiger partial charge in [0.25, 0.3) is 0 Å². The molecular weight excluding hydrogens is 345 g/mol. The molecule has 10 heteroatoms. The highest BCUT2D eigenvalue weighted by Gasteiger charge is 2.13. The molecule has 0 N–H and O–H groups in total. The van der Waals surface area contributed by atoms with Gasteiger partial charge in [0.05, 0.1) is 9.95 Å². The number of nitro groups is 1. The summed E-state index contributed by atoms with van der Waals surface area (Å²) in [6.07, 6.45) is 2.91. The molecule has 0 saturated carbocycles. The Labute approximate surface area is 139 Å². The highest BCUT2D eigenvalue weighted by Crippen LogP contribution is 2.28. The summed E-state index contributed by atoms with van der Waals surface area (Å²) in [5.41, 5.74) is 0.546. The van der Waals surface area contributed by atoms with Crippen molar-refractivity contribution in [3.8, 4) is 11.4 Å². The predicted molar refractivity (Wildman–Crippen MR) is 82.3 cm³/mol. The summed E-state index contributed by atoms with van der Waals surface area (Å²) in [4.78, 5) is 14.3. The molecular formula is C13H9Cl2N5O3. The zero-order valence-electron chi connectivity index (χ0n) is 11.5. The Balaban J connectivity index is 1.70. The minimum Gasteiger partial charge on any atom is -0.339 e. The minimum absolute atomic E-state index is 0.0656. The van der Waals surface area contributed by atoms with Gasteiger partial charge in [-0.3, -0.25) is 14.8 Å². The van der Waals surface area contributed by atoms with Crippen LogP contribution in [-0.2, 0) is 13.0 Å². The number of nitrogens with zero attached hydrogens (tertiary/aromatic N) is 5. The van der Waals surface area contributed by atoms with Crippen LogP contribution in [0.1, 0.15) is 5.89 Å². The normalized spacial score (nSPS) is 10.9. The van der Waals surface area contributed by atoms with Gasteiger partial charge >= 0.3 is 5.69 Å². The lowest BCUT2D eigenvalue weighted by Gasteiger charge is -1.98. The van der Waals surface area contributed by atoms with E-state index in [1.54, 1.807) is 18.2 Å². The van der Waals surface area contributed by atoms with Gasteiger partial charge in [-0.05, 0) is 18.2 Å². The molecule has 0 aliphatic carbocycles. The van der Waals surface area contributed by atoms with Gasteiger partial charge in [0.15, 0.2) is 0 Å². The standard InChI is InChI=1S/C13H9Cl2N5O3/c14-8-1-2-10(11(15)5-8)13-17-12(23-18-13)3-4-19-7-9(6-16-19)20(21)22/h1-2,5-7H,3-4H2. The molecule has 0 aliphatic heterocycles. The minimum atomic E-state index is -0.503. The first-order valence-corrected chi connectivity index (χ1v) is 7.23. The fraction of sp³-hybridized carbons (Fsp3) is 0.154. The number of benzene rings is 1. The second-order valence-electron chi connectivity index (χ2n) is 4.60. The lowest BCUT2D eigenvalue weighted by atomic mass is 10.2. The second kappa shape index (κ2) is 6.35. The Morgan fingerprint density at radius 3 is 2.87 bits per heavy atom. The molecule has 8 nitrogen and oxygen atoms in total. The second-order valence-corrected chi connectivity index (χ2v) is 5.45. The molecule has 0 bridgehead atoms. The van der Waals surface area contributed by atoms with Gasteiger partial charge in [-0.25, -0.2) is 0 Å². The number of rotatable bonds is 5. The van der Waals surface area contributed by atoms with Crippen LogP contribution in [0.25, 0.3) is 11.4 Å². The van der Waals surface area contributed by atoms with E-state index >= 15 is 0 Å². The molecule has 3 rings (SSSR count). The van der Waals surface area contributed by atoms with Crippen molar-refractivity contribution in [3.63, 3.8) is 0 Å². The molecule has 0 saturated heterocycles. The Morgan fingerprint density at radius 2 is 2.17 bits per heavy atom. The lowest BCUT2D eigenvalue weighted by molar-refractivity contribution is -0.385. The van der Waals surface area contributed by atoms with E-state index in [4.69, 9.17) is 27.7 Å². The molecule has 0 spiro atoms. The van der Waals surface area contributed by atoms with Crippen LogP contribution in [0, 0.1) is 10.1 Å². The molecule has 0 amide bonds. The van der Waals surface area contributed by atoms with E-state index in [0.29, 0.717) is 40.3 Å². The zero-order valence-corrected chi connectivity index (χ0v) is 13.0. The fourth-order valence-corrected chi connectivity index (χ4v) is 2.41. The SMILES string of the molecule is O=[N+]([O-])c1cnn(CCc2nc(-c3ccc(Cl)cc3Cl)no2)c1. The molecule has 3 aromatic rings. The Morgan fingerprint density at radius 1 is 1.35 bits per heavy atom. The number of hydrogen-bond acceptors (Lipinski definition) is 6. The van der Waals surface area contributed by atoms with Crippen molar-refractivity contribution in [2.24, 2.45) is 0 Å². The van der Waals surface area contributed by atoms with E-state index in [1.807, 2.05) is 0 Å². The van der Waals surface area contributed by atoms with Crippen LogP contribution in [0.15, 0.2) is 35.1 Å². The maximum Gasteiger partial charge on any atom is 0.306 e. The van der Waals surface area contributed by atoms with Gasteiger partial charge in [-0.15, -0.1) is 0 Å². The molecule has 0 unspecified atom stereocenters. The summed E-state index contributed by atoms with van der Waals surface area (Å²) in [5, 5.41) is 19.3. The Hall–Kier alpha value is -2.45. The van der Waals surface area contributed by atoms with E-state index < -0.39 is 4.92 Å². The predicted octanol–water partition coefficient (Wildman–Crippen LogP) is 3.39. The van der Waals surface area contributed by atoms with E-state index in [0.717, 1.165) is 0 Å². The van der Waals surface area contributed by atoms with Crippen molar-refractivity contribution in [2.75, 3.05) is 0 Å². The Bertz CT molecular complexity index is 861. The first kappa shape index (κ1) is 15.4. The third-order valence-corrected chi connectivity index (χ3v) is 3.57. The molecule has 0 fully saturated rings. The summed E-state index contributed by atoms with van der Waals surface area (Å²) in [6.45, 7) is 0.379. The zero-order chi connectivity index (χ0) is 16.4. The van der Waals surface area contributed by atoms with Gasteiger partial charge in [-0.1, -0.05) is 28.4 Å². The van der Waals surface area contributed by atoms with Crippen LogP contribution in [0.3, 0.4) is 0 Å². The van der Waals surface area contributed by atoms with E-state index in [-0.39, 0.29) is 5.69 Å². The largest absolute Gasteiger partial charge is 0.339 e. The van der Waals surface area contributed by atoms with Crippen LogP contribution in [-0.4, -0.2) is 24.8 Å². The average Bonchev–Trinajstić information content (AvgIpc) is 3.14. The molecule has 0 atom stereocenters. The van der Waals surface area contributed by atoms with Gasteiger partial charge in [-0.2, -0.15) is 10.1 Å². The lowest BCUT2D eigenvalue weighted by Crippen LogP contribution is -2.01. The molecule has 0 radical (unpaired) electrons. The van der Waals surface area contributed by atoms with Crippen LogP contribution in [0.5, 0.6) is 0 Å². The quantitative estimate of drug-likeness (QED) is 0.514. The topological polar surface area (TPSA) is 99.9 Å². The van der Waals surface area contributed by atoms with E-state index in [9.17, 15) is 10.1 Å². The van der Waals surface area contributed by atoms with Crippen molar-refractivity contribution in [1.29, 1.82) is 0 Å². The molecule has 0 aliphatic rings. The summed E-state index contributed by atoms with van der Waals surface area (Å²) < 4.78 is 6.59. The summed E-state index contributed by atoms with van der Waals surface area (Å²) in [7, 11) is 0. The molecule has 2 aromatic heterocycles. The average molecular weight is 354 g/mol. The Kier molecular flexibility index (Phi) is 4.26. The smallest absolute Gasteiger partial charge is 0.306 e. The van der Waals surface area contributed by atoms with Crippen LogP contribution >= 0.6 is 23.2 Å². The molecule has 2 heterocycles. The van der Waals surface area contributed by atoms with E-state index in [1.165, 1.54) is 17.1 Å². The van der Waals surface area contributed by atoms with Crippen LogP contribution < -0.4 is 0 Å². The van der Waals surface area contributed by atoms with Crippen molar-refractivity contribution >= 4 is 28.9 Å². The maximum atomic E-state index is 10.6. The number of aromatic nitrogens is 4. The van der Waals surface area contributed by atoms with Crippen molar-refractivity contribution < 1.29 is 9.45 Å². The monoisotopic (exact) mass is 353 g/mol.